The van der Waals surface area contributed by atoms with Crippen LogP contribution in [0.5, 0.6) is 5.75 Å². The van der Waals surface area contributed by atoms with E-state index in [1.165, 1.54) is 0 Å². The fourth-order valence-corrected chi connectivity index (χ4v) is 4.55. The van der Waals surface area contributed by atoms with Crippen molar-refractivity contribution in [1.82, 2.24) is 4.90 Å². The van der Waals surface area contributed by atoms with Crippen LogP contribution in [0.2, 0.25) is 0 Å². The molecule has 150 valence electrons. The number of carbonyl (C=O) groups excluding carboxylic acids is 1. The molecule has 7 heteroatoms. The molecule has 0 saturated heterocycles. The molecule has 1 aliphatic rings. The molecule has 0 saturated carbocycles. The molecule has 1 amide bonds. The number of methoxy groups -OCH3 is 1. The van der Waals surface area contributed by atoms with Crippen molar-refractivity contribution >= 4 is 21.6 Å². The van der Waals surface area contributed by atoms with Gasteiger partial charge in [-0.2, -0.15) is 0 Å². The first-order valence-corrected chi connectivity index (χ1v) is 11.0. The van der Waals surface area contributed by atoms with E-state index in [1.807, 2.05) is 30.9 Å². The highest BCUT2D eigenvalue weighted by atomic mass is 32.2. The van der Waals surface area contributed by atoms with Crippen LogP contribution in [0.4, 0.5) is 5.69 Å². The third-order valence-electron chi connectivity index (χ3n) is 4.79. The number of benzene rings is 2. The summed E-state index contributed by atoms with van der Waals surface area (Å²) >= 11 is 0. The first-order valence-electron chi connectivity index (χ1n) is 9.31. The SMILES string of the molecule is COc1cccc(CS(=O)(=O)Nc2ccc3c(c2)CN(C(=O)C(C)C)CC3)c1. The van der Waals surface area contributed by atoms with Crippen molar-refractivity contribution in [2.75, 3.05) is 18.4 Å². The molecule has 0 atom stereocenters. The first-order chi connectivity index (χ1) is 13.3. The van der Waals surface area contributed by atoms with Crippen molar-refractivity contribution in [1.29, 1.82) is 0 Å². The average Bonchev–Trinajstić information content (AvgIpc) is 2.66. The number of anilines is 1. The molecule has 0 unspecified atom stereocenters. The molecule has 2 aromatic rings. The Balaban J connectivity index is 1.74. The molecule has 1 N–H and O–H groups in total. The zero-order valence-corrected chi connectivity index (χ0v) is 17.3. The van der Waals surface area contributed by atoms with Crippen LogP contribution in [0.15, 0.2) is 42.5 Å². The Bertz CT molecular complexity index is 970. The minimum absolute atomic E-state index is 0.0499. The lowest BCUT2D eigenvalue weighted by Gasteiger charge is -2.30. The zero-order chi connectivity index (χ0) is 20.3. The van der Waals surface area contributed by atoms with Gasteiger partial charge in [0.05, 0.1) is 12.9 Å². The second-order valence-electron chi connectivity index (χ2n) is 7.36. The average molecular weight is 403 g/mol. The Labute approximate surface area is 166 Å². The molecule has 6 nitrogen and oxygen atoms in total. The van der Waals surface area contributed by atoms with E-state index in [0.29, 0.717) is 30.1 Å². The number of amides is 1. The van der Waals surface area contributed by atoms with Crippen molar-refractivity contribution in [2.45, 2.75) is 32.6 Å². The number of carbonyl (C=O) groups is 1. The highest BCUT2D eigenvalue weighted by molar-refractivity contribution is 7.91. The largest absolute Gasteiger partial charge is 0.497 e. The van der Waals surface area contributed by atoms with E-state index >= 15 is 0 Å². The third-order valence-corrected chi connectivity index (χ3v) is 6.05. The van der Waals surface area contributed by atoms with Crippen molar-refractivity contribution in [3.05, 3.63) is 59.2 Å². The smallest absolute Gasteiger partial charge is 0.236 e. The van der Waals surface area contributed by atoms with Crippen LogP contribution in [0.25, 0.3) is 0 Å². The molecule has 0 aliphatic carbocycles. The van der Waals surface area contributed by atoms with Gasteiger partial charge in [0.1, 0.15) is 5.75 Å². The summed E-state index contributed by atoms with van der Waals surface area (Å²) in [6, 6.07) is 12.6. The Morgan fingerprint density at radius 2 is 1.96 bits per heavy atom. The Hall–Kier alpha value is -2.54. The minimum atomic E-state index is -3.57. The van der Waals surface area contributed by atoms with Gasteiger partial charge in [-0.3, -0.25) is 9.52 Å². The number of hydrogen-bond acceptors (Lipinski definition) is 4. The van der Waals surface area contributed by atoms with Crippen LogP contribution in [0.3, 0.4) is 0 Å². The number of nitrogens with one attached hydrogen (secondary N) is 1. The van der Waals surface area contributed by atoms with Gasteiger partial charge in [0.25, 0.3) is 0 Å². The lowest BCUT2D eigenvalue weighted by molar-refractivity contribution is -0.135. The lowest BCUT2D eigenvalue weighted by Crippen LogP contribution is -2.38. The molecule has 2 aromatic carbocycles. The van der Waals surface area contributed by atoms with Crippen LogP contribution < -0.4 is 9.46 Å². The van der Waals surface area contributed by atoms with Crippen molar-refractivity contribution in [3.8, 4) is 5.75 Å². The van der Waals surface area contributed by atoms with Gasteiger partial charge in [0.2, 0.25) is 15.9 Å². The second kappa shape index (κ2) is 8.22. The molecule has 28 heavy (non-hydrogen) atoms. The summed E-state index contributed by atoms with van der Waals surface area (Å²) in [5, 5.41) is 0. The molecular weight excluding hydrogens is 376 g/mol. The molecule has 0 aromatic heterocycles. The lowest BCUT2D eigenvalue weighted by atomic mass is 9.98. The van der Waals surface area contributed by atoms with E-state index in [-0.39, 0.29) is 17.6 Å². The van der Waals surface area contributed by atoms with Gasteiger partial charge in [0, 0.05) is 24.7 Å². The molecule has 0 radical (unpaired) electrons. The summed E-state index contributed by atoms with van der Waals surface area (Å²) in [6.07, 6.45) is 0.782. The zero-order valence-electron chi connectivity index (χ0n) is 16.4. The van der Waals surface area contributed by atoms with Crippen molar-refractivity contribution in [3.63, 3.8) is 0 Å². The quantitative estimate of drug-likeness (QED) is 0.805. The maximum atomic E-state index is 12.6. The fraction of sp³-hybridized carbons (Fsp3) is 0.381. The Morgan fingerprint density at radius 1 is 1.18 bits per heavy atom. The molecule has 0 bridgehead atoms. The summed E-state index contributed by atoms with van der Waals surface area (Å²) in [5.41, 5.74) is 3.31. The number of hydrogen-bond donors (Lipinski definition) is 1. The van der Waals surface area contributed by atoms with Gasteiger partial charge in [-0.05, 0) is 47.4 Å². The van der Waals surface area contributed by atoms with E-state index in [2.05, 4.69) is 4.72 Å². The Morgan fingerprint density at radius 3 is 2.68 bits per heavy atom. The normalized spacial score (nSPS) is 13.9. The summed E-state index contributed by atoms with van der Waals surface area (Å²) in [6.45, 7) is 4.99. The standard InChI is InChI=1S/C21H26N2O4S/c1-15(2)21(24)23-10-9-17-7-8-19(12-18(17)13-23)22-28(25,26)14-16-5-4-6-20(11-16)27-3/h4-8,11-12,15,22H,9-10,13-14H2,1-3H3. The van der Waals surface area contributed by atoms with E-state index in [4.69, 9.17) is 4.74 Å². The molecule has 0 fully saturated rings. The van der Waals surface area contributed by atoms with E-state index < -0.39 is 10.0 Å². The maximum absolute atomic E-state index is 12.6. The van der Waals surface area contributed by atoms with Crippen LogP contribution in [0.1, 0.15) is 30.5 Å². The first kappa shape index (κ1) is 20.2. The summed E-state index contributed by atoms with van der Waals surface area (Å²) in [7, 11) is -2.02. The molecule has 1 aliphatic heterocycles. The number of nitrogens with zero attached hydrogens (tertiary/aromatic N) is 1. The van der Waals surface area contributed by atoms with Gasteiger partial charge >= 0.3 is 0 Å². The molecule has 3 rings (SSSR count). The van der Waals surface area contributed by atoms with Crippen LogP contribution >= 0.6 is 0 Å². The highest BCUT2D eigenvalue weighted by Gasteiger charge is 2.23. The summed E-state index contributed by atoms with van der Waals surface area (Å²) < 4.78 is 33.0. The minimum Gasteiger partial charge on any atom is -0.497 e. The monoisotopic (exact) mass is 402 g/mol. The number of fused-ring (bicyclic) bond motifs is 1. The van der Waals surface area contributed by atoms with Crippen LogP contribution in [-0.2, 0) is 33.5 Å². The summed E-state index contributed by atoms with van der Waals surface area (Å²) in [5.74, 6) is 0.552. The topological polar surface area (TPSA) is 75.7 Å². The van der Waals surface area contributed by atoms with Gasteiger partial charge in [-0.25, -0.2) is 8.42 Å². The number of ether oxygens (including phenoxy) is 1. The Kier molecular flexibility index (Phi) is 5.93. The number of sulfonamides is 1. The highest BCUT2D eigenvalue weighted by Crippen LogP contribution is 2.25. The predicted octanol–water partition coefficient (Wildman–Crippen LogP) is 3.18. The summed E-state index contributed by atoms with van der Waals surface area (Å²) in [4.78, 5) is 14.1. The van der Waals surface area contributed by atoms with Gasteiger partial charge in [-0.1, -0.05) is 32.0 Å². The predicted molar refractivity (Wildman–Crippen MR) is 110 cm³/mol. The van der Waals surface area contributed by atoms with Gasteiger partial charge in [0.15, 0.2) is 0 Å². The molecule has 0 spiro atoms. The second-order valence-corrected chi connectivity index (χ2v) is 9.08. The van der Waals surface area contributed by atoms with Crippen LogP contribution in [-0.4, -0.2) is 32.9 Å². The van der Waals surface area contributed by atoms with Gasteiger partial charge in [-0.15, -0.1) is 0 Å². The van der Waals surface area contributed by atoms with E-state index in [1.54, 1.807) is 37.4 Å². The van der Waals surface area contributed by atoms with Crippen molar-refractivity contribution in [2.24, 2.45) is 5.92 Å². The third kappa shape index (κ3) is 4.84. The number of rotatable bonds is 6. The van der Waals surface area contributed by atoms with E-state index in [9.17, 15) is 13.2 Å². The molecular formula is C21H26N2O4S. The van der Waals surface area contributed by atoms with Crippen LogP contribution in [0, 0.1) is 5.92 Å². The maximum Gasteiger partial charge on any atom is 0.236 e. The van der Waals surface area contributed by atoms with E-state index in [0.717, 1.165) is 17.5 Å². The fourth-order valence-electron chi connectivity index (χ4n) is 3.37. The molecule has 1 heterocycles. The van der Waals surface area contributed by atoms with Gasteiger partial charge < -0.3 is 9.64 Å². The van der Waals surface area contributed by atoms with Crippen molar-refractivity contribution < 1.29 is 17.9 Å².